The Balaban J connectivity index is 2.71. The van der Waals surface area contributed by atoms with E-state index in [1.807, 2.05) is 0 Å². The number of fused-ring (bicyclic) bond motifs is 1. The van der Waals surface area contributed by atoms with Gasteiger partial charge in [0.05, 0.1) is 12.1 Å². The van der Waals surface area contributed by atoms with Gasteiger partial charge in [-0.1, -0.05) is 17.7 Å². The van der Waals surface area contributed by atoms with Crippen LogP contribution in [0.15, 0.2) is 18.2 Å². The number of carbonyl (C=O) groups excluding carboxylic acids is 1. The summed E-state index contributed by atoms with van der Waals surface area (Å²) < 4.78 is 5.61. The Hall–Kier alpha value is -1.88. The highest BCUT2D eigenvalue weighted by Gasteiger charge is 2.21. The molecule has 0 aliphatic carbocycles. The van der Waals surface area contributed by atoms with Crippen LogP contribution in [-0.4, -0.2) is 22.5 Å². The van der Waals surface area contributed by atoms with Gasteiger partial charge in [0, 0.05) is 10.4 Å². The molecule has 0 atom stereocenters. The molecule has 5 nitrogen and oxygen atoms in total. The summed E-state index contributed by atoms with van der Waals surface area (Å²) in [6, 6.07) is 4.76. The number of benzene rings is 1. The van der Waals surface area contributed by atoms with Crippen molar-refractivity contribution in [2.75, 3.05) is 12.3 Å². The average molecular weight is 255 g/mol. The summed E-state index contributed by atoms with van der Waals surface area (Å²) >= 11 is 5.81. The highest BCUT2D eigenvalue weighted by molar-refractivity contribution is 6.31. The van der Waals surface area contributed by atoms with Crippen LogP contribution in [-0.2, 0) is 4.74 Å². The molecule has 0 fully saturated rings. The number of nitrogen functional groups attached to an aromatic ring is 1. The number of aromatic nitrogens is 1. The summed E-state index contributed by atoms with van der Waals surface area (Å²) in [5.74, 6) is -0.620. The summed E-state index contributed by atoms with van der Waals surface area (Å²) in [6.45, 7) is 1.94. The topological polar surface area (TPSA) is 77.5 Å². The lowest BCUT2D eigenvalue weighted by Gasteiger charge is -2.01. The normalized spacial score (nSPS) is 10.7. The summed E-state index contributed by atoms with van der Waals surface area (Å²) in [5.41, 5.74) is 6.19. The third kappa shape index (κ3) is 1.78. The quantitative estimate of drug-likeness (QED) is 0.637. The molecule has 0 radical (unpaired) electrons. The van der Waals surface area contributed by atoms with E-state index in [0.29, 0.717) is 15.9 Å². The maximum absolute atomic E-state index is 11.7. The number of halogens is 1. The van der Waals surface area contributed by atoms with E-state index in [9.17, 15) is 10.0 Å². The molecule has 17 heavy (non-hydrogen) atoms. The molecule has 0 saturated heterocycles. The molecule has 0 bridgehead atoms. The van der Waals surface area contributed by atoms with Crippen molar-refractivity contribution >= 4 is 34.3 Å². The number of hydrogen-bond donors (Lipinski definition) is 2. The van der Waals surface area contributed by atoms with Crippen LogP contribution in [0.25, 0.3) is 10.9 Å². The van der Waals surface area contributed by atoms with Crippen molar-refractivity contribution in [3.8, 4) is 0 Å². The number of ether oxygens (including phenoxy) is 1. The number of nitrogens with zero attached hydrogens (tertiary/aromatic N) is 1. The lowest BCUT2D eigenvalue weighted by Crippen LogP contribution is -2.08. The Morgan fingerprint density at radius 2 is 2.29 bits per heavy atom. The first-order valence-corrected chi connectivity index (χ1v) is 5.39. The van der Waals surface area contributed by atoms with Crippen LogP contribution in [0, 0.1) is 0 Å². The summed E-state index contributed by atoms with van der Waals surface area (Å²) in [5, 5.41) is 10.7. The molecular weight excluding hydrogens is 244 g/mol. The standard InChI is InChI=1S/C11H11ClN2O3/c1-2-17-11(15)9-7-4-3-6(12)5-8(7)14(16)10(9)13/h3-5,16H,2,13H2,1H3. The van der Waals surface area contributed by atoms with Gasteiger partial charge < -0.3 is 15.7 Å². The fourth-order valence-electron chi connectivity index (χ4n) is 1.68. The van der Waals surface area contributed by atoms with E-state index < -0.39 is 5.97 Å². The van der Waals surface area contributed by atoms with Crippen molar-refractivity contribution in [1.29, 1.82) is 0 Å². The number of hydrogen-bond acceptors (Lipinski definition) is 4. The zero-order valence-corrected chi connectivity index (χ0v) is 9.86. The smallest absolute Gasteiger partial charge is 0.342 e. The molecule has 1 heterocycles. The van der Waals surface area contributed by atoms with Gasteiger partial charge in [-0.3, -0.25) is 0 Å². The highest BCUT2D eigenvalue weighted by atomic mass is 35.5. The van der Waals surface area contributed by atoms with Crippen LogP contribution in [0.1, 0.15) is 17.3 Å². The lowest BCUT2D eigenvalue weighted by molar-refractivity contribution is 0.0528. The molecule has 0 saturated carbocycles. The van der Waals surface area contributed by atoms with Crippen molar-refractivity contribution in [2.24, 2.45) is 0 Å². The van der Waals surface area contributed by atoms with Crippen LogP contribution in [0.4, 0.5) is 5.82 Å². The SMILES string of the molecule is CCOC(=O)c1c(N)n(O)c2cc(Cl)ccc12. The molecule has 1 aromatic carbocycles. The van der Waals surface area contributed by atoms with Crippen molar-refractivity contribution in [3.63, 3.8) is 0 Å². The van der Waals surface area contributed by atoms with E-state index >= 15 is 0 Å². The molecule has 1 aromatic heterocycles. The Labute approximate surface area is 102 Å². The molecule has 0 spiro atoms. The van der Waals surface area contributed by atoms with Crippen molar-refractivity contribution in [2.45, 2.75) is 6.92 Å². The van der Waals surface area contributed by atoms with E-state index in [4.69, 9.17) is 22.1 Å². The molecule has 0 unspecified atom stereocenters. The van der Waals surface area contributed by atoms with E-state index in [0.717, 1.165) is 4.73 Å². The van der Waals surface area contributed by atoms with Crippen molar-refractivity contribution in [3.05, 3.63) is 28.8 Å². The molecule has 0 aliphatic rings. The van der Waals surface area contributed by atoms with Gasteiger partial charge in [0.15, 0.2) is 5.82 Å². The van der Waals surface area contributed by atoms with Gasteiger partial charge >= 0.3 is 5.97 Å². The predicted octanol–water partition coefficient (Wildman–Crippen LogP) is 2.29. The van der Waals surface area contributed by atoms with E-state index in [-0.39, 0.29) is 18.0 Å². The third-order valence-corrected chi connectivity index (χ3v) is 2.66. The van der Waals surface area contributed by atoms with Gasteiger partial charge in [0.2, 0.25) is 0 Å². The predicted molar refractivity (Wildman–Crippen MR) is 64.5 cm³/mol. The van der Waals surface area contributed by atoms with Gasteiger partial charge in [-0.05, 0) is 19.1 Å². The Morgan fingerprint density at radius 3 is 2.94 bits per heavy atom. The fraction of sp³-hybridized carbons (Fsp3) is 0.182. The zero-order valence-electron chi connectivity index (χ0n) is 9.11. The first kappa shape index (κ1) is 11.6. The van der Waals surface area contributed by atoms with Crippen molar-refractivity contribution in [1.82, 2.24) is 4.73 Å². The van der Waals surface area contributed by atoms with Crippen LogP contribution in [0.3, 0.4) is 0 Å². The van der Waals surface area contributed by atoms with Gasteiger partial charge in [-0.25, -0.2) is 4.79 Å². The molecule has 2 rings (SSSR count). The van der Waals surface area contributed by atoms with Crippen LogP contribution in [0.5, 0.6) is 0 Å². The van der Waals surface area contributed by atoms with E-state index in [1.165, 1.54) is 6.07 Å². The highest BCUT2D eigenvalue weighted by Crippen LogP contribution is 2.29. The Morgan fingerprint density at radius 1 is 1.59 bits per heavy atom. The van der Waals surface area contributed by atoms with E-state index in [1.54, 1.807) is 19.1 Å². The van der Waals surface area contributed by atoms with Gasteiger partial charge in [-0.2, -0.15) is 4.73 Å². The molecule has 2 aromatic rings. The second-order valence-corrected chi connectivity index (χ2v) is 3.89. The van der Waals surface area contributed by atoms with Crippen LogP contribution in [0.2, 0.25) is 5.02 Å². The summed E-state index contributed by atoms with van der Waals surface area (Å²) in [7, 11) is 0. The number of esters is 1. The average Bonchev–Trinajstić information content (AvgIpc) is 2.53. The van der Waals surface area contributed by atoms with Gasteiger partial charge in [0.25, 0.3) is 0 Å². The van der Waals surface area contributed by atoms with Crippen LogP contribution >= 0.6 is 11.6 Å². The monoisotopic (exact) mass is 254 g/mol. The van der Waals surface area contributed by atoms with Gasteiger partial charge in [0.1, 0.15) is 5.56 Å². The van der Waals surface area contributed by atoms with E-state index in [2.05, 4.69) is 0 Å². The molecule has 0 aliphatic heterocycles. The maximum atomic E-state index is 11.7. The zero-order chi connectivity index (χ0) is 12.6. The number of nitrogens with two attached hydrogens (primary N) is 1. The first-order chi connectivity index (χ1) is 8.06. The molecule has 0 amide bonds. The van der Waals surface area contributed by atoms with Crippen LogP contribution < -0.4 is 5.73 Å². The first-order valence-electron chi connectivity index (χ1n) is 5.02. The minimum absolute atomic E-state index is 0.0549. The second kappa shape index (κ2) is 4.18. The summed E-state index contributed by atoms with van der Waals surface area (Å²) in [6.07, 6.45) is 0. The number of carbonyl (C=O) groups is 1. The van der Waals surface area contributed by atoms with Gasteiger partial charge in [-0.15, -0.1) is 0 Å². The lowest BCUT2D eigenvalue weighted by atomic mass is 10.1. The molecule has 6 heteroatoms. The number of rotatable bonds is 2. The maximum Gasteiger partial charge on any atom is 0.342 e. The summed E-state index contributed by atoms with van der Waals surface area (Å²) in [4.78, 5) is 11.7. The minimum Gasteiger partial charge on any atom is -0.462 e. The molecular formula is C11H11ClN2O3. The number of anilines is 1. The minimum atomic E-state index is -0.565. The largest absolute Gasteiger partial charge is 0.462 e. The Bertz CT molecular complexity index is 592. The third-order valence-electron chi connectivity index (χ3n) is 2.42. The van der Waals surface area contributed by atoms with Crippen molar-refractivity contribution < 1.29 is 14.7 Å². The second-order valence-electron chi connectivity index (χ2n) is 3.45. The fourth-order valence-corrected chi connectivity index (χ4v) is 1.85. The molecule has 3 N–H and O–H groups in total. The Kier molecular flexibility index (Phi) is 2.85. The molecule has 90 valence electrons.